The summed E-state index contributed by atoms with van der Waals surface area (Å²) < 4.78 is 0. The van der Waals surface area contributed by atoms with Crippen molar-refractivity contribution in [3.05, 3.63) is 64.3 Å². The molecule has 0 heterocycles. The van der Waals surface area contributed by atoms with E-state index in [2.05, 4.69) is 45.9 Å². The fourth-order valence-corrected chi connectivity index (χ4v) is 3.26. The maximum absolute atomic E-state index is 10.9. The molecule has 0 atom stereocenters. The molecule has 0 unspecified atom stereocenters. The van der Waals surface area contributed by atoms with Gasteiger partial charge in [-0.15, -0.1) is 0 Å². The van der Waals surface area contributed by atoms with E-state index in [1.54, 1.807) is 12.1 Å². The molecule has 0 amide bonds. The smallest absolute Gasteiger partial charge is 0.335 e. The van der Waals surface area contributed by atoms with Gasteiger partial charge in [-0.2, -0.15) is 0 Å². The molecule has 1 aliphatic carbocycles. The zero-order chi connectivity index (χ0) is 17.0. The lowest BCUT2D eigenvalue weighted by Gasteiger charge is -2.32. The monoisotopic (exact) mass is 310 g/mol. The molecule has 1 aromatic carbocycles. The molecule has 1 aliphatic rings. The summed E-state index contributed by atoms with van der Waals surface area (Å²) in [6, 6.07) is 6.97. The second-order valence-corrected chi connectivity index (χ2v) is 7.08. The third-order valence-corrected chi connectivity index (χ3v) is 4.61. The molecule has 0 saturated heterocycles. The molecule has 0 aromatic heterocycles. The first-order valence-electron chi connectivity index (χ1n) is 8.19. The van der Waals surface area contributed by atoms with Crippen LogP contribution in [0.15, 0.2) is 53.1 Å². The van der Waals surface area contributed by atoms with Crippen LogP contribution in [0, 0.1) is 5.41 Å². The minimum atomic E-state index is -0.890. The van der Waals surface area contributed by atoms with Gasteiger partial charge in [0.1, 0.15) is 0 Å². The van der Waals surface area contributed by atoms with E-state index in [0.29, 0.717) is 5.56 Å². The zero-order valence-electron chi connectivity index (χ0n) is 14.5. The molecule has 2 heteroatoms. The van der Waals surface area contributed by atoms with Crippen molar-refractivity contribution in [3.8, 4) is 0 Å². The third-order valence-electron chi connectivity index (χ3n) is 4.61. The molecule has 1 N–H and O–H groups in total. The van der Waals surface area contributed by atoms with E-state index in [1.165, 1.54) is 30.4 Å². The Labute approximate surface area is 139 Å². The Morgan fingerprint density at radius 1 is 1.22 bits per heavy atom. The number of carboxylic acid groups (broad SMARTS) is 1. The first-order chi connectivity index (χ1) is 10.8. The van der Waals surface area contributed by atoms with E-state index >= 15 is 0 Å². The zero-order valence-corrected chi connectivity index (χ0v) is 14.5. The van der Waals surface area contributed by atoms with Crippen LogP contribution >= 0.6 is 0 Å². The van der Waals surface area contributed by atoms with Crippen LogP contribution in [-0.4, -0.2) is 11.1 Å². The maximum atomic E-state index is 10.9. The van der Waals surface area contributed by atoms with Gasteiger partial charge in [0, 0.05) is 0 Å². The Balaban J connectivity index is 2.17. The molecule has 0 radical (unpaired) electrons. The molecule has 0 aliphatic heterocycles. The summed E-state index contributed by atoms with van der Waals surface area (Å²) in [7, 11) is 0. The average molecular weight is 310 g/mol. The van der Waals surface area contributed by atoms with E-state index < -0.39 is 5.97 Å². The maximum Gasteiger partial charge on any atom is 0.335 e. The predicted molar refractivity (Wildman–Crippen MR) is 96.5 cm³/mol. The Kier molecular flexibility index (Phi) is 5.25. The normalized spacial score (nSPS) is 18.5. The van der Waals surface area contributed by atoms with Crippen LogP contribution in [0.5, 0.6) is 0 Å². The van der Waals surface area contributed by atoms with Crippen LogP contribution in [0.1, 0.15) is 62.9 Å². The molecule has 1 aromatic rings. The van der Waals surface area contributed by atoms with Gasteiger partial charge in [0.15, 0.2) is 0 Å². The van der Waals surface area contributed by atoms with Gasteiger partial charge < -0.3 is 5.11 Å². The number of aromatic carboxylic acids is 1. The lowest BCUT2D eigenvalue weighted by molar-refractivity contribution is 0.0697. The summed E-state index contributed by atoms with van der Waals surface area (Å²) in [5.74, 6) is -0.890. The molecule has 0 spiro atoms. The number of allylic oxidation sites excluding steroid dienone is 5. The highest BCUT2D eigenvalue weighted by atomic mass is 16.4. The van der Waals surface area contributed by atoms with Crippen LogP contribution in [0.2, 0.25) is 0 Å². The fraction of sp³-hybridized carbons (Fsp3) is 0.381. The van der Waals surface area contributed by atoms with E-state index in [4.69, 9.17) is 5.11 Å². The Bertz CT molecular complexity index is 670. The first kappa shape index (κ1) is 17.3. The van der Waals surface area contributed by atoms with Crippen molar-refractivity contribution in [1.82, 2.24) is 0 Å². The second-order valence-electron chi connectivity index (χ2n) is 7.08. The summed E-state index contributed by atoms with van der Waals surface area (Å²) in [6.45, 7) is 8.95. The standard InChI is InChI=1S/C21H26O2/c1-15(14-17-8-10-18(11-9-17)20(22)23)7-12-19-16(2)6-5-13-21(19,3)4/h7-12,14H,5-6,13H2,1-4H3,(H,22,23). The summed E-state index contributed by atoms with van der Waals surface area (Å²) in [4.78, 5) is 10.9. The molecule has 0 fully saturated rings. The quantitative estimate of drug-likeness (QED) is 0.706. The Hall–Kier alpha value is -2.09. The largest absolute Gasteiger partial charge is 0.478 e. The van der Waals surface area contributed by atoms with E-state index in [0.717, 1.165) is 11.1 Å². The van der Waals surface area contributed by atoms with Gasteiger partial charge in [-0.05, 0) is 61.8 Å². The van der Waals surface area contributed by atoms with Crippen LogP contribution < -0.4 is 0 Å². The van der Waals surface area contributed by atoms with Crippen molar-refractivity contribution in [2.45, 2.75) is 47.0 Å². The van der Waals surface area contributed by atoms with Crippen molar-refractivity contribution in [1.29, 1.82) is 0 Å². The summed E-state index contributed by atoms with van der Waals surface area (Å²) in [6.07, 6.45) is 10.2. The molecular weight excluding hydrogens is 284 g/mol. The number of benzene rings is 1. The van der Waals surface area contributed by atoms with Gasteiger partial charge in [0.25, 0.3) is 0 Å². The third kappa shape index (κ3) is 4.44. The van der Waals surface area contributed by atoms with Crippen LogP contribution in [0.4, 0.5) is 0 Å². The minimum Gasteiger partial charge on any atom is -0.478 e. The first-order valence-corrected chi connectivity index (χ1v) is 8.19. The van der Waals surface area contributed by atoms with Crippen molar-refractivity contribution in [2.24, 2.45) is 5.41 Å². The molecule has 0 bridgehead atoms. The van der Waals surface area contributed by atoms with Gasteiger partial charge in [0.05, 0.1) is 5.56 Å². The minimum absolute atomic E-state index is 0.252. The summed E-state index contributed by atoms with van der Waals surface area (Å²) in [5, 5.41) is 8.93. The lowest BCUT2D eigenvalue weighted by Crippen LogP contribution is -2.19. The highest BCUT2D eigenvalue weighted by molar-refractivity contribution is 5.87. The molecular formula is C21H26O2. The van der Waals surface area contributed by atoms with Crippen molar-refractivity contribution in [3.63, 3.8) is 0 Å². The number of hydrogen-bond donors (Lipinski definition) is 1. The van der Waals surface area contributed by atoms with Crippen molar-refractivity contribution in [2.75, 3.05) is 0 Å². The molecule has 23 heavy (non-hydrogen) atoms. The van der Waals surface area contributed by atoms with E-state index in [1.807, 2.05) is 12.1 Å². The highest BCUT2D eigenvalue weighted by Crippen LogP contribution is 2.40. The molecule has 122 valence electrons. The van der Waals surface area contributed by atoms with E-state index in [9.17, 15) is 4.79 Å². The number of carboxylic acids is 1. The van der Waals surface area contributed by atoms with Crippen LogP contribution in [-0.2, 0) is 0 Å². The number of hydrogen-bond acceptors (Lipinski definition) is 1. The van der Waals surface area contributed by atoms with Gasteiger partial charge in [0.2, 0.25) is 0 Å². The van der Waals surface area contributed by atoms with Crippen molar-refractivity contribution < 1.29 is 9.90 Å². The molecule has 0 saturated carbocycles. The molecule has 2 rings (SSSR count). The van der Waals surface area contributed by atoms with Gasteiger partial charge in [-0.3, -0.25) is 0 Å². The SMILES string of the molecule is CC(C=CC1=C(C)CCCC1(C)C)=Cc1ccc(C(=O)O)cc1. The van der Waals surface area contributed by atoms with Gasteiger partial charge in [-0.25, -0.2) is 4.79 Å². The fourth-order valence-electron chi connectivity index (χ4n) is 3.26. The number of carbonyl (C=O) groups is 1. The lowest BCUT2D eigenvalue weighted by atomic mass is 9.72. The Morgan fingerprint density at radius 2 is 1.87 bits per heavy atom. The number of rotatable bonds is 4. The van der Waals surface area contributed by atoms with Crippen LogP contribution in [0.3, 0.4) is 0 Å². The predicted octanol–water partition coefficient (Wildman–Crippen LogP) is 5.87. The van der Waals surface area contributed by atoms with Gasteiger partial charge in [-0.1, -0.05) is 55.4 Å². The van der Waals surface area contributed by atoms with E-state index in [-0.39, 0.29) is 5.41 Å². The van der Waals surface area contributed by atoms with Crippen LogP contribution in [0.25, 0.3) is 6.08 Å². The Morgan fingerprint density at radius 3 is 2.43 bits per heavy atom. The van der Waals surface area contributed by atoms with Crippen molar-refractivity contribution >= 4 is 12.0 Å². The second kappa shape index (κ2) is 6.99. The molecule has 2 nitrogen and oxygen atoms in total. The van der Waals surface area contributed by atoms with Gasteiger partial charge >= 0.3 is 5.97 Å². The average Bonchev–Trinajstić information content (AvgIpc) is 2.46. The highest BCUT2D eigenvalue weighted by Gasteiger charge is 2.26. The summed E-state index contributed by atoms with van der Waals surface area (Å²) in [5.41, 5.74) is 5.71. The topological polar surface area (TPSA) is 37.3 Å². The summed E-state index contributed by atoms with van der Waals surface area (Å²) >= 11 is 0.